The highest BCUT2D eigenvalue weighted by Crippen LogP contribution is 2.50. The van der Waals surface area contributed by atoms with Crippen LogP contribution < -0.4 is 0 Å². The van der Waals surface area contributed by atoms with Crippen molar-refractivity contribution in [2.24, 2.45) is 11.3 Å². The summed E-state index contributed by atoms with van der Waals surface area (Å²) in [4.78, 5) is 0. The van der Waals surface area contributed by atoms with E-state index in [2.05, 4.69) is 25.7 Å². The molecule has 0 heterocycles. The molecular weight excluding hydrogens is 192 g/mol. The Morgan fingerprint density at radius 3 is 2.81 bits per heavy atom. The minimum Gasteiger partial charge on any atom is -0.103 e. The van der Waals surface area contributed by atoms with E-state index in [1.807, 2.05) is 0 Å². The van der Waals surface area contributed by atoms with E-state index in [1.165, 1.54) is 57.8 Å². The maximum absolute atomic E-state index is 3.83. The fourth-order valence-electron chi connectivity index (χ4n) is 3.64. The van der Waals surface area contributed by atoms with Gasteiger partial charge in [-0.05, 0) is 56.3 Å². The third-order valence-corrected chi connectivity index (χ3v) is 4.76. The van der Waals surface area contributed by atoms with E-state index in [0.29, 0.717) is 0 Å². The summed E-state index contributed by atoms with van der Waals surface area (Å²) in [6.45, 7) is 6.24. The molecule has 0 heteroatoms. The summed E-state index contributed by atoms with van der Waals surface area (Å²) in [5.41, 5.74) is 2.49. The van der Waals surface area contributed by atoms with Gasteiger partial charge in [0.25, 0.3) is 0 Å². The summed E-state index contributed by atoms with van der Waals surface area (Å²) in [5, 5.41) is 0. The molecule has 0 aliphatic heterocycles. The second kappa shape index (κ2) is 5.21. The van der Waals surface area contributed by atoms with Gasteiger partial charge >= 0.3 is 0 Å². The summed E-state index contributed by atoms with van der Waals surface area (Å²) < 4.78 is 0. The van der Waals surface area contributed by atoms with Crippen LogP contribution in [0.25, 0.3) is 0 Å². The van der Waals surface area contributed by atoms with E-state index in [1.54, 1.807) is 5.57 Å². The van der Waals surface area contributed by atoms with Gasteiger partial charge in [0.05, 0.1) is 0 Å². The molecule has 0 N–H and O–H groups in total. The van der Waals surface area contributed by atoms with Crippen LogP contribution in [-0.2, 0) is 0 Å². The Balaban J connectivity index is 1.95. The van der Waals surface area contributed by atoms with Crippen molar-refractivity contribution >= 4 is 0 Å². The summed E-state index contributed by atoms with van der Waals surface area (Å²) >= 11 is 0. The minimum absolute atomic E-state index is 0.729. The molecule has 1 saturated carbocycles. The van der Waals surface area contributed by atoms with Gasteiger partial charge in [0.1, 0.15) is 0 Å². The third kappa shape index (κ3) is 2.59. The maximum atomic E-state index is 3.83. The molecule has 2 aliphatic carbocycles. The molecule has 1 unspecified atom stereocenters. The fourth-order valence-corrected chi connectivity index (χ4v) is 3.64. The van der Waals surface area contributed by atoms with Crippen molar-refractivity contribution < 1.29 is 0 Å². The molecule has 0 saturated heterocycles. The zero-order valence-electron chi connectivity index (χ0n) is 10.8. The lowest BCUT2D eigenvalue weighted by Crippen LogP contribution is -2.22. The topological polar surface area (TPSA) is 0 Å². The lowest BCUT2D eigenvalue weighted by Gasteiger charge is -2.35. The molecule has 1 fully saturated rings. The maximum Gasteiger partial charge on any atom is -0.0229 e. The smallest absolute Gasteiger partial charge is 0.0229 e. The highest BCUT2D eigenvalue weighted by atomic mass is 14.4. The zero-order valence-corrected chi connectivity index (χ0v) is 10.8. The van der Waals surface area contributed by atoms with Gasteiger partial charge in [-0.3, -0.25) is 0 Å². The Hall–Kier alpha value is -0.520. The van der Waals surface area contributed by atoms with E-state index in [4.69, 9.17) is 0 Å². The van der Waals surface area contributed by atoms with Crippen molar-refractivity contribution in [3.05, 3.63) is 24.3 Å². The number of allylic oxidation sites excluding steroid dienone is 3. The first kappa shape index (κ1) is 12.0. The number of hydrogen-bond acceptors (Lipinski definition) is 0. The monoisotopic (exact) mass is 218 g/mol. The first-order valence-electron chi connectivity index (χ1n) is 7.06. The van der Waals surface area contributed by atoms with Crippen LogP contribution in [0.5, 0.6) is 0 Å². The molecule has 0 aromatic rings. The van der Waals surface area contributed by atoms with Crippen LogP contribution in [0.3, 0.4) is 0 Å². The van der Waals surface area contributed by atoms with E-state index in [0.717, 1.165) is 11.3 Å². The van der Waals surface area contributed by atoms with Crippen molar-refractivity contribution in [2.75, 3.05) is 0 Å². The van der Waals surface area contributed by atoms with Gasteiger partial charge in [-0.15, -0.1) is 6.58 Å². The normalized spacial score (nSPS) is 25.4. The Bertz CT molecular complexity index is 266. The van der Waals surface area contributed by atoms with Crippen molar-refractivity contribution in [1.29, 1.82) is 0 Å². The lowest BCUT2D eigenvalue weighted by atomic mass is 9.70. The van der Waals surface area contributed by atoms with E-state index in [-0.39, 0.29) is 0 Å². The van der Waals surface area contributed by atoms with Crippen LogP contribution in [0, 0.1) is 11.3 Å². The average molecular weight is 218 g/mol. The van der Waals surface area contributed by atoms with Gasteiger partial charge in [0, 0.05) is 0 Å². The fraction of sp³-hybridized carbons (Fsp3) is 0.750. The van der Waals surface area contributed by atoms with Crippen LogP contribution in [0.4, 0.5) is 0 Å². The molecule has 16 heavy (non-hydrogen) atoms. The summed E-state index contributed by atoms with van der Waals surface area (Å²) in [5.74, 6) is 0.788. The van der Waals surface area contributed by atoms with E-state index < -0.39 is 0 Å². The van der Waals surface area contributed by atoms with Gasteiger partial charge in [-0.25, -0.2) is 0 Å². The predicted molar refractivity (Wildman–Crippen MR) is 71.4 cm³/mol. The highest BCUT2D eigenvalue weighted by molar-refractivity contribution is 5.14. The molecule has 0 amide bonds. The molecule has 0 aromatic heterocycles. The Morgan fingerprint density at radius 2 is 2.12 bits per heavy atom. The van der Waals surface area contributed by atoms with Crippen LogP contribution in [0.2, 0.25) is 0 Å². The second-order valence-electron chi connectivity index (χ2n) is 5.97. The van der Waals surface area contributed by atoms with Crippen molar-refractivity contribution in [1.82, 2.24) is 0 Å². The molecule has 1 atom stereocenters. The Morgan fingerprint density at radius 1 is 1.38 bits per heavy atom. The van der Waals surface area contributed by atoms with Crippen molar-refractivity contribution in [3.8, 4) is 0 Å². The first-order valence-corrected chi connectivity index (χ1v) is 7.06. The van der Waals surface area contributed by atoms with Gasteiger partial charge < -0.3 is 0 Å². The van der Waals surface area contributed by atoms with Crippen molar-refractivity contribution in [2.45, 2.75) is 64.7 Å². The average Bonchev–Trinajstić information content (AvgIpc) is 2.74. The molecule has 0 nitrogen and oxygen atoms in total. The van der Waals surface area contributed by atoms with Gasteiger partial charge in [-0.2, -0.15) is 0 Å². The highest BCUT2D eigenvalue weighted by Gasteiger charge is 2.36. The lowest BCUT2D eigenvalue weighted by molar-refractivity contribution is 0.248. The van der Waals surface area contributed by atoms with Crippen LogP contribution in [-0.4, -0.2) is 0 Å². The molecule has 0 bridgehead atoms. The predicted octanol–water partition coefficient (Wildman–Crippen LogP) is 5.26. The van der Waals surface area contributed by atoms with E-state index >= 15 is 0 Å². The standard InChI is InChI=1S/C16H26/c1-3-4-8-14(2)15-9-7-12-16(13-15)10-5-6-11-16/h3,9,14H,1,4-8,10-13H2,2H3. The Labute approximate surface area is 101 Å². The number of hydrogen-bond donors (Lipinski definition) is 0. The molecular formula is C16H26. The van der Waals surface area contributed by atoms with E-state index in [9.17, 15) is 0 Å². The SMILES string of the molecule is C=CCCC(C)C1=CCCC2(CCCC2)C1. The summed E-state index contributed by atoms with van der Waals surface area (Å²) in [6, 6.07) is 0. The summed E-state index contributed by atoms with van der Waals surface area (Å²) in [7, 11) is 0. The van der Waals surface area contributed by atoms with Crippen molar-refractivity contribution in [3.63, 3.8) is 0 Å². The number of rotatable bonds is 4. The Kier molecular flexibility index (Phi) is 3.89. The zero-order chi connectivity index (χ0) is 11.4. The minimum atomic E-state index is 0.729. The summed E-state index contributed by atoms with van der Waals surface area (Å²) in [6.07, 6.45) is 17.2. The first-order chi connectivity index (χ1) is 7.76. The van der Waals surface area contributed by atoms with Crippen LogP contribution in [0.15, 0.2) is 24.3 Å². The van der Waals surface area contributed by atoms with Crippen LogP contribution >= 0.6 is 0 Å². The molecule has 2 rings (SSSR count). The molecule has 0 radical (unpaired) electrons. The second-order valence-corrected chi connectivity index (χ2v) is 5.97. The molecule has 0 aromatic carbocycles. The third-order valence-electron chi connectivity index (χ3n) is 4.76. The van der Waals surface area contributed by atoms with Gasteiger partial charge in [0.15, 0.2) is 0 Å². The van der Waals surface area contributed by atoms with Crippen LogP contribution in [0.1, 0.15) is 64.7 Å². The molecule has 1 spiro atoms. The van der Waals surface area contributed by atoms with Gasteiger partial charge in [-0.1, -0.05) is 37.5 Å². The molecule has 2 aliphatic rings. The largest absolute Gasteiger partial charge is 0.103 e. The quantitative estimate of drug-likeness (QED) is 0.565. The van der Waals surface area contributed by atoms with Gasteiger partial charge in [0.2, 0.25) is 0 Å². The molecule has 90 valence electrons.